The molecule has 4 aliphatic rings. The molecule has 294 valence electrons. The lowest BCUT2D eigenvalue weighted by atomic mass is 9.63. The number of hydrogen-bond donors (Lipinski definition) is 2. The minimum absolute atomic E-state index is 0.512. The summed E-state index contributed by atoms with van der Waals surface area (Å²) in [5.74, 6) is 0. The number of anilines is 1. The van der Waals surface area contributed by atoms with E-state index in [1.165, 1.54) is 83.2 Å². The molecule has 3 heteroatoms. The average Bonchev–Trinajstić information content (AvgIpc) is 3.81. The number of benzene rings is 6. The van der Waals surface area contributed by atoms with Gasteiger partial charge in [-0.15, -0.1) is 0 Å². The van der Waals surface area contributed by atoms with Crippen LogP contribution in [-0.2, 0) is 11.8 Å². The molecule has 0 amide bonds. The van der Waals surface area contributed by atoms with Crippen LogP contribution in [0.2, 0.25) is 0 Å². The number of nitrogens with zero attached hydrogens (tertiary/aromatic N) is 1. The predicted molar refractivity (Wildman–Crippen MR) is 258 cm³/mol. The van der Waals surface area contributed by atoms with E-state index >= 15 is 0 Å². The van der Waals surface area contributed by atoms with Crippen molar-refractivity contribution in [3.8, 4) is 0 Å². The molecule has 1 spiro atoms. The standard InChI is InChI=1S/C58H47N3/c59-54(42-18-3-1-4-19-42)37-33-43-20-15-27-53-57(43)50-38-44(40-30-34-47(35-31-40)61-55-28-13-10-24-48(55)49-25-11-14-29-56(49)61)32-36-52(50)58(53)45(39-60-46-22-5-2-6-23-46)21-9-7-16-41-17-8-12-26-51(41)58/h1-30,34,37-39,60H,31-33,35-36,59H2/b16-7-,21-9-,45-39-,54-37-. The number of allylic oxidation sites excluding steroid dienone is 13. The fourth-order valence-corrected chi connectivity index (χ4v) is 10.5. The van der Waals surface area contributed by atoms with Crippen LogP contribution in [0.1, 0.15) is 59.1 Å². The Morgan fingerprint density at radius 1 is 0.623 bits per heavy atom. The number of nitrogens with two attached hydrogens (primary N) is 1. The van der Waals surface area contributed by atoms with E-state index in [0.29, 0.717) is 0 Å². The molecule has 3 nitrogen and oxygen atoms in total. The molecule has 0 saturated heterocycles. The third-order valence-electron chi connectivity index (χ3n) is 13.2. The van der Waals surface area contributed by atoms with E-state index in [-0.39, 0.29) is 0 Å². The topological polar surface area (TPSA) is 43.0 Å². The Hall–Kier alpha value is -7.36. The second-order valence-corrected chi connectivity index (χ2v) is 16.5. The maximum Gasteiger partial charge on any atom is 0.0696 e. The largest absolute Gasteiger partial charge is 0.398 e. The first-order valence-electron chi connectivity index (χ1n) is 21.6. The SMILES string of the molecule is N/C(=C\Cc1cccc2c1C1=C(CCC(C3=CC=C(n4c5ccccc5c5ccccc54)CC3)=C1)C21C(=C\Nc2ccccc2)/C=C\C=C/c2ccccc21)c1ccccc1. The zero-order valence-corrected chi connectivity index (χ0v) is 34.2. The summed E-state index contributed by atoms with van der Waals surface area (Å²) in [6.07, 6.45) is 25.4. The lowest BCUT2D eigenvalue weighted by Crippen LogP contribution is -2.32. The van der Waals surface area contributed by atoms with Gasteiger partial charge in [0.25, 0.3) is 0 Å². The van der Waals surface area contributed by atoms with Gasteiger partial charge in [0, 0.05) is 34.1 Å². The Morgan fingerprint density at radius 2 is 1.30 bits per heavy atom. The highest BCUT2D eigenvalue weighted by Crippen LogP contribution is 2.60. The number of para-hydroxylation sites is 3. The Kier molecular flexibility index (Phi) is 9.23. The van der Waals surface area contributed by atoms with Crippen LogP contribution in [0.15, 0.2) is 223 Å². The van der Waals surface area contributed by atoms with E-state index in [9.17, 15) is 0 Å². The maximum absolute atomic E-state index is 6.79. The van der Waals surface area contributed by atoms with E-state index in [0.717, 1.165) is 49.1 Å². The lowest BCUT2D eigenvalue weighted by molar-refractivity contribution is 0.685. The summed E-state index contributed by atoms with van der Waals surface area (Å²) >= 11 is 0. The average molecular weight is 786 g/mol. The van der Waals surface area contributed by atoms with Gasteiger partial charge in [-0.1, -0.05) is 170 Å². The summed E-state index contributed by atoms with van der Waals surface area (Å²) in [6.45, 7) is 0. The van der Waals surface area contributed by atoms with Crippen LogP contribution in [0, 0.1) is 0 Å². The van der Waals surface area contributed by atoms with Crippen LogP contribution < -0.4 is 11.1 Å². The Balaban J connectivity index is 1.09. The van der Waals surface area contributed by atoms with Crippen LogP contribution in [-0.4, -0.2) is 4.57 Å². The summed E-state index contributed by atoms with van der Waals surface area (Å²) in [7, 11) is 0. The highest BCUT2D eigenvalue weighted by molar-refractivity contribution is 6.10. The first kappa shape index (κ1) is 36.7. The molecular formula is C58H47N3. The Labute approximate surface area is 358 Å². The zero-order valence-electron chi connectivity index (χ0n) is 34.2. The second kappa shape index (κ2) is 15.3. The van der Waals surface area contributed by atoms with Crippen LogP contribution in [0.4, 0.5) is 5.69 Å². The molecule has 0 radical (unpaired) electrons. The Bertz CT molecular complexity index is 3070. The van der Waals surface area contributed by atoms with Gasteiger partial charge in [0.05, 0.1) is 16.4 Å². The van der Waals surface area contributed by atoms with Crippen LogP contribution in [0.25, 0.3) is 44.8 Å². The van der Waals surface area contributed by atoms with Crippen molar-refractivity contribution in [3.63, 3.8) is 0 Å². The lowest BCUT2D eigenvalue weighted by Gasteiger charge is -2.39. The molecule has 7 aromatic rings. The van der Waals surface area contributed by atoms with Crippen molar-refractivity contribution >= 4 is 50.5 Å². The molecule has 6 aromatic carbocycles. The van der Waals surface area contributed by atoms with E-state index in [1.54, 1.807) is 0 Å². The van der Waals surface area contributed by atoms with Gasteiger partial charge >= 0.3 is 0 Å². The van der Waals surface area contributed by atoms with Gasteiger partial charge in [0.2, 0.25) is 0 Å². The molecule has 1 atom stereocenters. The highest BCUT2D eigenvalue weighted by Gasteiger charge is 2.50. The van der Waals surface area contributed by atoms with Gasteiger partial charge in [-0.3, -0.25) is 0 Å². The van der Waals surface area contributed by atoms with Crippen molar-refractivity contribution in [1.29, 1.82) is 0 Å². The Morgan fingerprint density at radius 3 is 2.07 bits per heavy atom. The third-order valence-corrected chi connectivity index (χ3v) is 13.2. The summed E-state index contributed by atoms with van der Waals surface area (Å²) in [5, 5.41) is 6.34. The van der Waals surface area contributed by atoms with Crippen molar-refractivity contribution in [3.05, 3.63) is 256 Å². The maximum atomic E-state index is 6.79. The monoisotopic (exact) mass is 785 g/mol. The molecule has 0 aliphatic heterocycles. The highest BCUT2D eigenvalue weighted by atomic mass is 15.0. The predicted octanol–water partition coefficient (Wildman–Crippen LogP) is 14.0. The molecule has 61 heavy (non-hydrogen) atoms. The fourth-order valence-electron chi connectivity index (χ4n) is 10.5. The number of fused-ring (bicyclic) bond motifs is 9. The van der Waals surface area contributed by atoms with Gasteiger partial charge in [-0.2, -0.15) is 0 Å². The first-order chi connectivity index (χ1) is 30.2. The van der Waals surface area contributed by atoms with E-state index in [2.05, 4.69) is 210 Å². The summed E-state index contributed by atoms with van der Waals surface area (Å²) in [4.78, 5) is 0. The molecule has 0 bridgehead atoms. The first-order valence-corrected chi connectivity index (χ1v) is 21.6. The molecule has 4 aliphatic carbocycles. The van der Waals surface area contributed by atoms with Crippen molar-refractivity contribution in [2.75, 3.05) is 5.32 Å². The molecule has 3 N–H and O–H groups in total. The van der Waals surface area contributed by atoms with Gasteiger partial charge in [-0.05, 0) is 124 Å². The number of hydrogen-bond acceptors (Lipinski definition) is 2. The van der Waals surface area contributed by atoms with Crippen LogP contribution >= 0.6 is 0 Å². The van der Waals surface area contributed by atoms with Crippen LogP contribution in [0.5, 0.6) is 0 Å². The van der Waals surface area contributed by atoms with Crippen molar-refractivity contribution in [2.45, 2.75) is 37.5 Å². The van der Waals surface area contributed by atoms with Crippen molar-refractivity contribution in [1.82, 2.24) is 4.57 Å². The quantitative estimate of drug-likeness (QED) is 0.169. The van der Waals surface area contributed by atoms with E-state index in [1.807, 2.05) is 6.07 Å². The zero-order chi connectivity index (χ0) is 40.8. The van der Waals surface area contributed by atoms with Gasteiger partial charge in [0.1, 0.15) is 0 Å². The molecule has 1 unspecified atom stereocenters. The van der Waals surface area contributed by atoms with E-state index < -0.39 is 5.41 Å². The number of nitrogens with one attached hydrogen (secondary N) is 1. The molecule has 0 saturated carbocycles. The fraction of sp³-hybridized carbons (Fsp3) is 0.103. The summed E-state index contributed by atoms with van der Waals surface area (Å²) < 4.78 is 2.48. The normalized spacial score (nSPS) is 20.0. The molecule has 0 fully saturated rings. The second-order valence-electron chi connectivity index (χ2n) is 16.5. The van der Waals surface area contributed by atoms with Gasteiger partial charge < -0.3 is 15.6 Å². The third kappa shape index (κ3) is 6.19. The molecule has 1 aromatic heterocycles. The smallest absolute Gasteiger partial charge is 0.0696 e. The molecule has 11 rings (SSSR count). The summed E-state index contributed by atoms with van der Waals surface area (Å²) in [5.41, 5.74) is 26.5. The molecule has 1 heterocycles. The van der Waals surface area contributed by atoms with Gasteiger partial charge in [0.15, 0.2) is 0 Å². The minimum Gasteiger partial charge on any atom is -0.398 e. The van der Waals surface area contributed by atoms with Crippen molar-refractivity contribution < 1.29 is 0 Å². The summed E-state index contributed by atoms with van der Waals surface area (Å²) in [6, 6.07) is 54.5. The number of aromatic nitrogens is 1. The van der Waals surface area contributed by atoms with Crippen molar-refractivity contribution in [2.24, 2.45) is 5.73 Å². The van der Waals surface area contributed by atoms with Crippen LogP contribution in [0.3, 0.4) is 0 Å². The minimum atomic E-state index is -0.512. The number of rotatable bonds is 7. The molecular weight excluding hydrogens is 739 g/mol. The van der Waals surface area contributed by atoms with Gasteiger partial charge in [-0.25, -0.2) is 0 Å². The van der Waals surface area contributed by atoms with E-state index in [4.69, 9.17) is 5.73 Å².